The summed E-state index contributed by atoms with van der Waals surface area (Å²) >= 11 is 0. The van der Waals surface area contributed by atoms with Gasteiger partial charge in [-0.25, -0.2) is 4.79 Å². The normalized spacial score (nSPS) is 10.0. The molecule has 0 aromatic carbocycles. The first-order chi connectivity index (χ1) is 6.67. The highest BCUT2D eigenvalue weighted by Gasteiger charge is 2.13. The van der Waals surface area contributed by atoms with Crippen molar-refractivity contribution in [3.63, 3.8) is 0 Å². The first-order valence-electron chi connectivity index (χ1n) is 5.67. The van der Waals surface area contributed by atoms with Gasteiger partial charge < -0.3 is 9.80 Å². The molecule has 84 valence electrons. The maximum absolute atomic E-state index is 11.8. The van der Waals surface area contributed by atoms with E-state index in [1.54, 1.807) is 0 Å². The van der Waals surface area contributed by atoms with Crippen molar-refractivity contribution in [3.05, 3.63) is 0 Å². The molecular formula is C11H24N2O. The van der Waals surface area contributed by atoms with E-state index < -0.39 is 0 Å². The molecule has 2 amide bonds. The van der Waals surface area contributed by atoms with E-state index in [2.05, 4.69) is 6.92 Å². The van der Waals surface area contributed by atoms with Gasteiger partial charge in [-0.3, -0.25) is 0 Å². The lowest BCUT2D eigenvalue weighted by atomic mass is 10.2. The predicted octanol–water partition coefficient (Wildman–Crippen LogP) is 2.57. The second kappa shape index (κ2) is 7.65. The molecule has 0 rings (SSSR count). The number of unbranched alkanes of at least 4 members (excludes halogenated alkanes) is 2. The summed E-state index contributed by atoms with van der Waals surface area (Å²) in [6.45, 7) is 8.68. The topological polar surface area (TPSA) is 23.6 Å². The summed E-state index contributed by atoms with van der Waals surface area (Å²) in [5.41, 5.74) is 0. The number of nitrogens with zero attached hydrogens (tertiary/aromatic N) is 2. The minimum atomic E-state index is 0.158. The Morgan fingerprint density at radius 3 is 2.07 bits per heavy atom. The molecule has 0 atom stereocenters. The van der Waals surface area contributed by atoms with E-state index in [9.17, 15) is 4.79 Å². The molecule has 0 spiro atoms. The predicted molar refractivity (Wildman–Crippen MR) is 60.5 cm³/mol. The molecule has 0 aromatic rings. The van der Waals surface area contributed by atoms with Crippen LogP contribution in [0, 0.1) is 0 Å². The molecule has 0 bridgehead atoms. The molecule has 0 aromatic heterocycles. The van der Waals surface area contributed by atoms with Gasteiger partial charge in [-0.05, 0) is 20.3 Å². The Kier molecular flexibility index (Phi) is 7.25. The van der Waals surface area contributed by atoms with Crippen LogP contribution in [0.25, 0.3) is 0 Å². The number of carbonyl (C=O) groups is 1. The molecule has 14 heavy (non-hydrogen) atoms. The fourth-order valence-electron chi connectivity index (χ4n) is 1.43. The number of urea groups is 1. The van der Waals surface area contributed by atoms with E-state index in [1.165, 1.54) is 12.8 Å². The van der Waals surface area contributed by atoms with E-state index in [0.717, 1.165) is 26.1 Å². The first-order valence-corrected chi connectivity index (χ1v) is 5.67. The monoisotopic (exact) mass is 200 g/mol. The van der Waals surface area contributed by atoms with Crippen LogP contribution in [0.15, 0.2) is 0 Å². The Morgan fingerprint density at radius 1 is 1.07 bits per heavy atom. The van der Waals surface area contributed by atoms with Crippen LogP contribution in [0.1, 0.15) is 40.0 Å². The quantitative estimate of drug-likeness (QED) is 0.604. The van der Waals surface area contributed by atoms with Gasteiger partial charge in [-0.15, -0.1) is 0 Å². The van der Waals surface area contributed by atoms with E-state index >= 15 is 0 Å². The van der Waals surface area contributed by atoms with Gasteiger partial charge in [-0.2, -0.15) is 0 Å². The SMILES string of the molecule is CCCCCN(C)C(=O)N(CC)CC. The van der Waals surface area contributed by atoms with Crippen LogP contribution in [0.3, 0.4) is 0 Å². The Balaban J connectivity index is 3.84. The second-order valence-electron chi connectivity index (χ2n) is 3.58. The van der Waals surface area contributed by atoms with E-state index in [1.807, 2.05) is 30.7 Å². The van der Waals surface area contributed by atoms with Crippen molar-refractivity contribution in [2.24, 2.45) is 0 Å². The van der Waals surface area contributed by atoms with Gasteiger partial charge >= 0.3 is 6.03 Å². The number of amides is 2. The average molecular weight is 200 g/mol. The summed E-state index contributed by atoms with van der Waals surface area (Å²) in [6, 6.07) is 0.158. The molecule has 0 unspecified atom stereocenters. The maximum atomic E-state index is 11.8. The highest BCUT2D eigenvalue weighted by atomic mass is 16.2. The molecule has 0 fully saturated rings. The maximum Gasteiger partial charge on any atom is 0.319 e. The molecule has 0 radical (unpaired) electrons. The summed E-state index contributed by atoms with van der Waals surface area (Å²) in [5, 5.41) is 0. The molecule has 0 aliphatic rings. The van der Waals surface area contributed by atoms with Crippen molar-refractivity contribution in [1.29, 1.82) is 0 Å². The third-order valence-electron chi connectivity index (χ3n) is 2.46. The molecule has 0 heterocycles. The molecule has 0 saturated carbocycles. The Morgan fingerprint density at radius 2 is 1.64 bits per heavy atom. The zero-order valence-corrected chi connectivity index (χ0v) is 10.0. The van der Waals surface area contributed by atoms with Gasteiger partial charge in [-0.1, -0.05) is 19.8 Å². The first kappa shape index (κ1) is 13.3. The van der Waals surface area contributed by atoms with E-state index in [4.69, 9.17) is 0 Å². The summed E-state index contributed by atoms with van der Waals surface area (Å²) in [4.78, 5) is 15.4. The van der Waals surface area contributed by atoms with Crippen LogP contribution in [-0.2, 0) is 0 Å². The van der Waals surface area contributed by atoms with E-state index in [0.29, 0.717) is 0 Å². The van der Waals surface area contributed by atoms with Gasteiger partial charge in [0.05, 0.1) is 0 Å². The molecular weight excluding hydrogens is 176 g/mol. The van der Waals surface area contributed by atoms with Crippen molar-refractivity contribution in [3.8, 4) is 0 Å². The van der Waals surface area contributed by atoms with Crippen LogP contribution in [0.5, 0.6) is 0 Å². The van der Waals surface area contributed by atoms with Gasteiger partial charge in [0.1, 0.15) is 0 Å². The Bertz CT molecular complexity index is 155. The Hall–Kier alpha value is -0.730. The summed E-state index contributed by atoms with van der Waals surface area (Å²) < 4.78 is 0. The van der Waals surface area contributed by atoms with Crippen molar-refractivity contribution in [1.82, 2.24) is 9.80 Å². The summed E-state index contributed by atoms with van der Waals surface area (Å²) in [7, 11) is 1.89. The van der Waals surface area contributed by atoms with Gasteiger partial charge in [0.2, 0.25) is 0 Å². The Labute approximate surface area is 88.1 Å². The molecule has 0 saturated heterocycles. The number of carbonyl (C=O) groups excluding carboxylic acids is 1. The molecule has 3 nitrogen and oxygen atoms in total. The van der Waals surface area contributed by atoms with Crippen molar-refractivity contribution < 1.29 is 4.79 Å². The van der Waals surface area contributed by atoms with Gasteiger partial charge in [0.15, 0.2) is 0 Å². The number of hydrogen-bond donors (Lipinski definition) is 0. The highest BCUT2D eigenvalue weighted by molar-refractivity contribution is 5.74. The number of rotatable bonds is 6. The smallest absolute Gasteiger partial charge is 0.319 e. The zero-order valence-electron chi connectivity index (χ0n) is 10.0. The van der Waals surface area contributed by atoms with Crippen LogP contribution in [-0.4, -0.2) is 42.5 Å². The lowest BCUT2D eigenvalue weighted by molar-refractivity contribution is 0.167. The fourth-order valence-corrected chi connectivity index (χ4v) is 1.43. The molecule has 0 aliphatic carbocycles. The fraction of sp³-hybridized carbons (Fsp3) is 0.909. The molecule has 0 aliphatic heterocycles. The summed E-state index contributed by atoms with van der Waals surface area (Å²) in [6.07, 6.45) is 3.52. The van der Waals surface area contributed by atoms with Crippen LogP contribution in [0.4, 0.5) is 4.79 Å². The number of hydrogen-bond acceptors (Lipinski definition) is 1. The third kappa shape index (κ3) is 4.49. The van der Waals surface area contributed by atoms with E-state index in [-0.39, 0.29) is 6.03 Å². The minimum Gasteiger partial charge on any atom is -0.328 e. The largest absolute Gasteiger partial charge is 0.328 e. The zero-order chi connectivity index (χ0) is 11.0. The lowest BCUT2D eigenvalue weighted by Crippen LogP contribution is -2.41. The third-order valence-corrected chi connectivity index (χ3v) is 2.46. The standard InChI is InChI=1S/C11H24N2O/c1-5-8-9-10-12(4)11(14)13(6-2)7-3/h5-10H2,1-4H3. The van der Waals surface area contributed by atoms with Crippen molar-refractivity contribution >= 4 is 6.03 Å². The van der Waals surface area contributed by atoms with Crippen LogP contribution in [0.2, 0.25) is 0 Å². The van der Waals surface area contributed by atoms with Crippen molar-refractivity contribution in [2.75, 3.05) is 26.7 Å². The van der Waals surface area contributed by atoms with Gasteiger partial charge in [0, 0.05) is 26.7 Å². The van der Waals surface area contributed by atoms with Crippen LogP contribution >= 0.6 is 0 Å². The summed E-state index contributed by atoms with van der Waals surface area (Å²) in [5.74, 6) is 0. The van der Waals surface area contributed by atoms with Gasteiger partial charge in [0.25, 0.3) is 0 Å². The average Bonchev–Trinajstić information content (AvgIpc) is 2.19. The highest BCUT2D eigenvalue weighted by Crippen LogP contribution is 2.00. The lowest BCUT2D eigenvalue weighted by Gasteiger charge is -2.26. The minimum absolute atomic E-state index is 0.158. The van der Waals surface area contributed by atoms with Crippen LogP contribution < -0.4 is 0 Å². The second-order valence-corrected chi connectivity index (χ2v) is 3.58. The molecule has 3 heteroatoms. The molecule has 0 N–H and O–H groups in total. The van der Waals surface area contributed by atoms with Crippen molar-refractivity contribution in [2.45, 2.75) is 40.0 Å².